The molecule has 152 valence electrons. The number of carbonyl (C=O) groups is 1. The molecule has 0 bridgehead atoms. The number of likely N-dealkylation sites (tertiary alicyclic amines) is 1. The molecule has 2 atom stereocenters. The van der Waals surface area contributed by atoms with Crippen LogP contribution in [0.3, 0.4) is 0 Å². The molecule has 1 aromatic carbocycles. The van der Waals surface area contributed by atoms with Crippen LogP contribution in [0.1, 0.15) is 36.5 Å². The van der Waals surface area contributed by atoms with Gasteiger partial charge >= 0.3 is 0 Å². The van der Waals surface area contributed by atoms with Gasteiger partial charge in [-0.15, -0.1) is 0 Å². The normalized spacial score (nSPS) is 17.8. The van der Waals surface area contributed by atoms with Crippen molar-refractivity contribution < 1.29 is 18.8 Å². The lowest BCUT2D eigenvalue weighted by molar-refractivity contribution is -0.127. The number of methoxy groups -OCH3 is 2. The van der Waals surface area contributed by atoms with E-state index in [4.69, 9.17) is 14.0 Å². The fourth-order valence-corrected chi connectivity index (χ4v) is 3.35. The maximum absolute atomic E-state index is 12.4. The van der Waals surface area contributed by atoms with Crippen LogP contribution in [-0.2, 0) is 17.6 Å². The number of hydrogen-bond acceptors (Lipinski definition) is 7. The SMILES string of the molecule is CNC(C)Cc1noc(C2CC(=O)N(CCc3ccc(OC)c(OC)c3)C2)n1. The Labute approximate surface area is 165 Å². The number of nitrogens with zero attached hydrogens (tertiary/aromatic N) is 3. The number of amides is 1. The third kappa shape index (κ3) is 4.62. The van der Waals surface area contributed by atoms with Gasteiger partial charge in [0.1, 0.15) is 0 Å². The fraction of sp³-hybridized carbons (Fsp3) is 0.550. The molecule has 28 heavy (non-hydrogen) atoms. The minimum atomic E-state index is -0.0379. The molecule has 1 fully saturated rings. The summed E-state index contributed by atoms with van der Waals surface area (Å²) in [4.78, 5) is 18.8. The highest BCUT2D eigenvalue weighted by Crippen LogP contribution is 2.29. The van der Waals surface area contributed by atoms with E-state index in [1.54, 1.807) is 14.2 Å². The molecule has 1 saturated heterocycles. The van der Waals surface area contributed by atoms with E-state index in [9.17, 15) is 4.79 Å². The first kappa shape index (κ1) is 20.1. The molecule has 2 unspecified atom stereocenters. The van der Waals surface area contributed by atoms with E-state index in [2.05, 4.69) is 22.4 Å². The summed E-state index contributed by atoms with van der Waals surface area (Å²) in [5.74, 6) is 2.70. The fourth-order valence-electron chi connectivity index (χ4n) is 3.35. The van der Waals surface area contributed by atoms with Crippen molar-refractivity contribution in [2.24, 2.45) is 0 Å². The number of rotatable bonds is 9. The predicted octanol–water partition coefficient (Wildman–Crippen LogP) is 1.80. The van der Waals surface area contributed by atoms with Crippen molar-refractivity contribution in [1.82, 2.24) is 20.4 Å². The highest BCUT2D eigenvalue weighted by atomic mass is 16.5. The molecule has 0 spiro atoms. The van der Waals surface area contributed by atoms with Gasteiger partial charge in [0.05, 0.1) is 20.1 Å². The average Bonchev–Trinajstić information content (AvgIpc) is 3.32. The number of benzene rings is 1. The second kappa shape index (κ2) is 9.05. The Morgan fingerprint density at radius 1 is 1.32 bits per heavy atom. The van der Waals surface area contributed by atoms with Crippen LogP contribution in [0.2, 0.25) is 0 Å². The van der Waals surface area contributed by atoms with Crippen LogP contribution >= 0.6 is 0 Å². The van der Waals surface area contributed by atoms with Crippen molar-refractivity contribution in [2.75, 3.05) is 34.4 Å². The van der Waals surface area contributed by atoms with Crippen LogP contribution in [0.15, 0.2) is 22.7 Å². The van der Waals surface area contributed by atoms with Crippen molar-refractivity contribution in [3.05, 3.63) is 35.5 Å². The standard InChI is InChI=1S/C20H28N4O4/c1-13(21-2)9-18-22-20(28-23-18)15-11-19(25)24(12-15)8-7-14-5-6-16(26-3)17(10-14)27-4/h5-6,10,13,15,21H,7-9,11-12H2,1-4H3. The van der Waals surface area contributed by atoms with Crippen LogP contribution in [0.5, 0.6) is 11.5 Å². The number of likely N-dealkylation sites (N-methyl/N-ethyl adjacent to an activating group) is 1. The molecule has 1 amide bonds. The molecule has 2 aromatic rings. The molecule has 1 aliphatic heterocycles. The summed E-state index contributed by atoms with van der Waals surface area (Å²) in [6.07, 6.45) is 1.85. The minimum absolute atomic E-state index is 0.0379. The highest BCUT2D eigenvalue weighted by Gasteiger charge is 2.34. The van der Waals surface area contributed by atoms with E-state index in [0.29, 0.717) is 49.1 Å². The predicted molar refractivity (Wildman–Crippen MR) is 104 cm³/mol. The zero-order chi connectivity index (χ0) is 20.1. The maximum atomic E-state index is 12.4. The third-order valence-electron chi connectivity index (χ3n) is 5.15. The molecule has 1 aromatic heterocycles. The Balaban J connectivity index is 1.58. The van der Waals surface area contributed by atoms with Crippen LogP contribution in [0.4, 0.5) is 0 Å². The van der Waals surface area contributed by atoms with Crippen molar-refractivity contribution >= 4 is 5.91 Å². The Morgan fingerprint density at radius 2 is 2.11 bits per heavy atom. The van der Waals surface area contributed by atoms with E-state index >= 15 is 0 Å². The van der Waals surface area contributed by atoms with Crippen molar-refractivity contribution in [3.8, 4) is 11.5 Å². The quantitative estimate of drug-likeness (QED) is 0.700. The Morgan fingerprint density at radius 3 is 2.82 bits per heavy atom. The van der Waals surface area contributed by atoms with Crippen LogP contribution in [-0.4, -0.2) is 61.3 Å². The summed E-state index contributed by atoms with van der Waals surface area (Å²) in [6.45, 7) is 3.31. The lowest BCUT2D eigenvalue weighted by atomic mass is 10.1. The monoisotopic (exact) mass is 388 g/mol. The molecule has 0 radical (unpaired) electrons. The number of aromatic nitrogens is 2. The van der Waals surface area contributed by atoms with Crippen molar-refractivity contribution in [1.29, 1.82) is 0 Å². The Kier molecular flexibility index (Phi) is 6.51. The Bertz CT molecular complexity index is 807. The molecule has 0 aliphatic carbocycles. The molecule has 2 heterocycles. The first-order valence-corrected chi connectivity index (χ1v) is 9.52. The summed E-state index contributed by atoms with van der Waals surface area (Å²) < 4.78 is 16.0. The van der Waals surface area contributed by atoms with Crippen LogP contribution < -0.4 is 14.8 Å². The number of ether oxygens (including phenoxy) is 2. The van der Waals surface area contributed by atoms with E-state index in [1.165, 1.54) is 0 Å². The van der Waals surface area contributed by atoms with Gasteiger partial charge in [0.2, 0.25) is 11.8 Å². The molecule has 8 heteroatoms. The Hall–Kier alpha value is -2.61. The number of hydrogen-bond donors (Lipinski definition) is 1. The summed E-state index contributed by atoms with van der Waals surface area (Å²) in [6, 6.07) is 6.10. The second-order valence-electron chi connectivity index (χ2n) is 7.12. The lowest BCUT2D eigenvalue weighted by Crippen LogP contribution is -2.27. The van der Waals surface area contributed by atoms with E-state index < -0.39 is 0 Å². The highest BCUT2D eigenvalue weighted by molar-refractivity contribution is 5.79. The van der Waals surface area contributed by atoms with Gasteiger partial charge in [0, 0.05) is 32.0 Å². The zero-order valence-electron chi connectivity index (χ0n) is 16.9. The minimum Gasteiger partial charge on any atom is -0.493 e. The van der Waals surface area contributed by atoms with Gasteiger partial charge < -0.3 is 24.2 Å². The largest absolute Gasteiger partial charge is 0.493 e. The van der Waals surface area contributed by atoms with Gasteiger partial charge in [-0.25, -0.2) is 0 Å². The van der Waals surface area contributed by atoms with Gasteiger partial charge in [-0.2, -0.15) is 4.98 Å². The third-order valence-corrected chi connectivity index (χ3v) is 5.15. The summed E-state index contributed by atoms with van der Waals surface area (Å²) in [5, 5.41) is 7.20. The van der Waals surface area contributed by atoms with Gasteiger partial charge in [-0.05, 0) is 38.1 Å². The molecule has 1 N–H and O–H groups in total. The van der Waals surface area contributed by atoms with Crippen molar-refractivity contribution in [2.45, 2.75) is 38.1 Å². The van der Waals surface area contributed by atoms with Crippen LogP contribution in [0, 0.1) is 0 Å². The lowest BCUT2D eigenvalue weighted by Gasteiger charge is -2.16. The zero-order valence-corrected chi connectivity index (χ0v) is 16.9. The molecule has 1 aliphatic rings. The second-order valence-corrected chi connectivity index (χ2v) is 7.12. The van der Waals surface area contributed by atoms with Gasteiger partial charge in [0.25, 0.3) is 0 Å². The molecule has 8 nitrogen and oxygen atoms in total. The number of carbonyl (C=O) groups excluding carboxylic acids is 1. The first-order chi connectivity index (χ1) is 13.5. The van der Waals surface area contributed by atoms with Gasteiger partial charge in [0.15, 0.2) is 17.3 Å². The van der Waals surface area contributed by atoms with E-state index in [-0.39, 0.29) is 17.9 Å². The topological polar surface area (TPSA) is 89.7 Å². The van der Waals surface area contributed by atoms with Crippen LogP contribution in [0.25, 0.3) is 0 Å². The van der Waals surface area contributed by atoms with E-state index in [0.717, 1.165) is 12.0 Å². The molecular formula is C20H28N4O4. The van der Waals surface area contributed by atoms with E-state index in [1.807, 2.05) is 30.1 Å². The maximum Gasteiger partial charge on any atom is 0.232 e. The molecular weight excluding hydrogens is 360 g/mol. The number of nitrogens with one attached hydrogen (secondary N) is 1. The average molecular weight is 388 g/mol. The molecule has 3 rings (SSSR count). The summed E-state index contributed by atoms with van der Waals surface area (Å²) >= 11 is 0. The first-order valence-electron chi connectivity index (χ1n) is 9.52. The summed E-state index contributed by atoms with van der Waals surface area (Å²) in [7, 11) is 5.13. The molecule has 0 saturated carbocycles. The van der Waals surface area contributed by atoms with Gasteiger partial charge in [-0.3, -0.25) is 4.79 Å². The van der Waals surface area contributed by atoms with Gasteiger partial charge in [-0.1, -0.05) is 11.2 Å². The smallest absolute Gasteiger partial charge is 0.232 e. The summed E-state index contributed by atoms with van der Waals surface area (Å²) in [5.41, 5.74) is 1.09. The van der Waals surface area contributed by atoms with Crippen molar-refractivity contribution in [3.63, 3.8) is 0 Å².